The average Bonchev–Trinajstić information content (AvgIpc) is 3.67. The molecule has 13 heteroatoms. The van der Waals surface area contributed by atoms with Gasteiger partial charge in [0.25, 0.3) is 5.92 Å². The normalized spacial score (nSPS) is 31.3. The summed E-state index contributed by atoms with van der Waals surface area (Å²) in [7, 11) is 1.49. The van der Waals surface area contributed by atoms with Crippen molar-refractivity contribution in [3.05, 3.63) is 23.9 Å². The van der Waals surface area contributed by atoms with Gasteiger partial charge in [0.1, 0.15) is 24.0 Å². The van der Waals surface area contributed by atoms with Gasteiger partial charge in [-0.25, -0.2) is 14.8 Å². The third kappa shape index (κ3) is 6.34. The number of alkyl carbamates (subject to hydrolysis) is 1. The molecule has 1 aromatic carbocycles. The molecular formula is C33H42F2N4O7. The smallest absolute Gasteiger partial charge is 0.408 e. The SMILES string of the molecule is COc1ccc2nc3c(nc2c1)O[C@H]1CN(C(=O)[C@H](C2(C)CCOCC2)NC(=O)O[C@@H]2C[C@H]2CCCCC3(F)F)[C@H](C(C)=O)[C@@H]1C. The number of aromatic nitrogens is 2. The zero-order valence-electron chi connectivity index (χ0n) is 26.7. The lowest BCUT2D eigenvalue weighted by molar-refractivity contribution is -0.143. The number of ketones is 1. The topological polar surface area (TPSA) is 129 Å². The maximum atomic E-state index is 16.0. The van der Waals surface area contributed by atoms with E-state index in [-0.39, 0.29) is 42.2 Å². The van der Waals surface area contributed by atoms with E-state index in [0.29, 0.717) is 56.6 Å². The molecule has 6 atom stereocenters. The highest BCUT2D eigenvalue weighted by molar-refractivity contribution is 5.92. The van der Waals surface area contributed by atoms with Crippen molar-refractivity contribution < 1.29 is 42.1 Å². The molecule has 4 heterocycles. The first kappa shape index (κ1) is 32.3. The summed E-state index contributed by atoms with van der Waals surface area (Å²) in [6.45, 7) is 5.83. The highest BCUT2D eigenvalue weighted by Gasteiger charge is 2.52. The van der Waals surface area contributed by atoms with Crippen LogP contribution in [0.2, 0.25) is 0 Å². The lowest BCUT2D eigenvalue weighted by atomic mass is 9.75. The van der Waals surface area contributed by atoms with Crippen LogP contribution in [0.25, 0.3) is 11.0 Å². The summed E-state index contributed by atoms with van der Waals surface area (Å²) < 4.78 is 54.7. The second kappa shape index (κ2) is 12.5. The standard InChI is InChI=1S/C33H42F2N4O7/c1-18-25-17-39(26(18)19(2)40)30(41)28(32(3)11-13-44-14-12-32)38-31(42)46-24-15-20(24)7-5-6-10-33(34,35)27-29(45-25)37-23-16-21(43-4)8-9-22(23)36-27/h8-9,16,18,20,24-26,28H,5-7,10-15,17H2,1-4H3,(H,38,42)/t18-,20-,24-,25+,26+,28-/m1/s1. The zero-order valence-corrected chi connectivity index (χ0v) is 26.7. The summed E-state index contributed by atoms with van der Waals surface area (Å²) in [6, 6.07) is 2.89. The van der Waals surface area contributed by atoms with Crippen LogP contribution in [0.5, 0.6) is 11.6 Å². The Labute approximate surface area is 266 Å². The van der Waals surface area contributed by atoms with Crippen molar-refractivity contribution >= 4 is 28.8 Å². The maximum Gasteiger partial charge on any atom is 0.408 e. The summed E-state index contributed by atoms with van der Waals surface area (Å²) >= 11 is 0. The van der Waals surface area contributed by atoms with Crippen LogP contribution in [-0.4, -0.2) is 83.8 Å². The minimum atomic E-state index is -3.36. The van der Waals surface area contributed by atoms with Crippen LogP contribution >= 0.6 is 0 Å². The molecule has 4 aliphatic rings. The Morgan fingerprint density at radius 2 is 1.83 bits per heavy atom. The second-order valence-electron chi connectivity index (χ2n) is 13.5. The summed E-state index contributed by atoms with van der Waals surface area (Å²) in [5.41, 5.74) is -0.660. The Bertz CT molecular complexity index is 1500. The molecule has 0 radical (unpaired) electrons. The van der Waals surface area contributed by atoms with Crippen molar-refractivity contribution in [3.8, 4) is 11.6 Å². The van der Waals surface area contributed by atoms with Crippen molar-refractivity contribution in [3.63, 3.8) is 0 Å². The number of nitrogens with zero attached hydrogens (tertiary/aromatic N) is 3. The van der Waals surface area contributed by atoms with Gasteiger partial charge in [-0.3, -0.25) is 9.59 Å². The van der Waals surface area contributed by atoms with Crippen molar-refractivity contribution in [2.75, 3.05) is 26.9 Å². The van der Waals surface area contributed by atoms with Gasteiger partial charge in [0.2, 0.25) is 11.8 Å². The number of halogens is 2. The maximum absolute atomic E-state index is 16.0. The first-order chi connectivity index (χ1) is 21.9. The highest BCUT2D eigenvalue weighted by atomic mass is 19.3. The summed E-state index contributed by atoms with van der Waals surface area (Å²) in [6.07, 6.45) is 0.685. The quantitative estimate of drug-likeness (QED) is 0.502. The average molecular weight is 645 g/mol. The van der Waals surface area contributed by atoms with E-state index in [0.717, 1.165) is 0 Å². The first-order valence-corrected chi connectivity index (χ1v) is 16.2. The summed E-state index contributed by atoms with van der Waals surface area (Å²) in [5, 5.41) is 2.86. The summed E-state index contributed by atoms with van der Waals surface area (Å²) in [4.78, 5) is 50.9. The Hall–Kier alpha value is -3.61. The zero-order chi connectivity index (χ0) is 32.8. The van der Waals surface area contributed by atoms with Crippen LogP contribution in [0.4, 0.5) is 13.6 Å². The Morgan fingerprint density at radius 3 is 2.54 bits per heavy atom. The number of hydrogen-bond donors (Lipinski definition) is 1. The van der Waals surface area contributed by atoms with E-state index in [1.54, 1.807) is 25.1 Å². The van der Waals surface area contributed by atoms with E-state index in [1.165, 1.54) is 18.9 Å². The largest absolute Gasteiger partial charge is 0.497 e. The second-order valence-corrected chi connectivity index (χ2v) is 13.5. The van der Waals surface area contributed by atoms with Gasteiger partial charge in [-0.2, -0.15) is 8.78 Å². The molecule has 3 fully saturated rings. The number of benzene rings is 1. The van der Waals surface area contributed by atoms with Gasteiger partial charge >= 0.3 is 6.09 Å². The van der Waals surface area contributed by atoms with Crippen LogP contribution in [0.15, 0.2) is 18.2 Å². The minimum absolute atomic E-state index is 0.0718. The molecule has 2 amide bonds. The molecule has 0 spiro atoms. The Kier molecular flexibility index (Phi) is 8.81. The molecule has 2 saturated heterocycles. The molecule has 2 aromatic rings. The predicted octanol–water partition coefficient (Wildman–Crippen LogP) is 4.79. The number of fused-ring (bicyclic) bond motifs is 5. The fourth-order valence-electron chi connectivity index (χ4n) is 7.19. The molecule has 11 nitrogen and oxygen atoms in total. The lowest BCUT2D eigenvalue weighted by Crippen LogP contribution is -2.59. The molecule has 0 unspecified atom stereocenters. The third-order valence-corrected chi connectivity index (χ3v) is 10.2. The molecule has 1 N–H and O–H groups in total. The van der Waals surface area contributed by atoms with E-state index in [2.05, 4.69) is 15.3 Å². The van der Waals surface area contributed by atoms with Crippen molar-refractivity contribution in [2.45, 2.75) is 95.9 Å². The molecule has 46 heavy (non-hydrogen) atoms. The molecule has 6 rings (SSSR count). The number of alkyl halides is 2. The van der Waals surface area contributed by atoms with Gasteiger partial charge in [-0.1, -0.05) is 20.3 Å². The van der Waals surface area contributed by atoms with Gasteiger partial charge in [0.15, 0.2) is 11.5 Å². The molecule has 3 aliphatic heterocycles. The fourth-order valence-corrected chi connectivity index (χ4v) is 7.19. The predicted molar refractivity (Wildman–Crippen MR) is 162 cm³/mol. The van der Waals surface area contributed by atoms with E-state index in [9.17, 15) is 14.4 Å². The van der Waals surface area contributed by atoms with Gasteiger partial charge < -0.3 is 29.2 Å². The van der Waals surface area contributed by atoms with Crippen molar-refractivity contribution in [1.29, 1.82) is 0 Å². The number of ether oxygens (including phenoxy) is 4. The van der Waals surface area contributed by atoms with Crippen molar-refractivity contribution in [2.24, 2.45) is 17.3 Å². The van der Waals surface area contributed by atoms with Crippen molar-refractivity contribution in [1.82, 2.24) is 20.2 Å². The Balaban J connectivity index is 1.40. The molecular weight excluding hydrogens is 602 g/mol. The van der Waals surface area contributed by atoms with E-state index in [4.69, 9.17) is 18.9 Å². The van der Waals surface area contributed by atoms with E-state index >= 15 is 8.78 Å². The number of amides is 2. The molecule has 2 bridgehead atoms. The first-order valence-electron chi connectivity index (χ1n) is 16.2. The van der Waals surface area contributed by atoms with Crippen LogP contribution in [-0.2, 0) is 25.0 Å². The highest BCUT2D eigenvalue weighted by Crippen LogP contribution is 2.43. The number of nitrogens with one attached hydrogen (secondary N) is 1. The minimum Gasteiger partial charge on any atom is -0.497 e. The number of carbonyl (C=O) groups is 3. The Morgan fingerprint density at radius 1 is 1.07 bits per heavy atom. The van der Waals surface area contributed by atoms with Gasteiger partial charge in [-0.15, -0.1) is 0 Å². The van der Waals surface area contributed by atoms with Crippen LogP contribution in [0.1, 0.15) is 71.4 Å². The number of rotatable bonds is 3. The van der Waals surface area contributed by atoms with Gasteiger partial charge in [0, 0.05) is 37.0 Å². The summed E-state index contributed by atoms with van der Waals surface area (Å²) in [5.74, 6) is -4.45. The van der Waals surface area contributed by atoms with Crippen LogP contribution < -0.4 is 14.8 Å². The number of hydrogen-bond acceptors (Lipinski definition) is 9. The molecule has 250 valence electrons. The lowest BCUT2D eigenvalue weighted by Gasteiger charge is -2.41. The third-order valence-electron chi connectivity index (χ3n) is 10.2. The fraction of sp³-hybridized carbons (Fsp3) is 0.667. The molecule has 1 aromatic heterocycles. The number of Topliss-reactive ketones (excluding diaryl/α,β-unsaturated/α-hetero) is 1. The number of carbonyl (C=O) groups excluding carboxylic acids is 3. The molecule has 1 saturated carbocycles. The van der Waals surface area contributed by atoms with E-state index < -0.39 is 59.6 Å². The number of methoxy groups -OCH3 is 1. The van der Waals surface area contributed by atoms with E-state index in [1.807, 2.05) is 6.92 Å². The monoisotopic (exact) mass is 644 g/mol. The van der Waals surface area contributed by atoms with Gasteiger partial charge in [0.05, 0.1) is 30.7 Å². The van der Waals surface area contributed by atoms with Crippen LogP contribution in [0.3, 0.4) is 0 Å². The molecule has 1 aliphatic carbocycles. The van der Waals surface area contributed by atoms with Crippen LogP contribution in [0, 0.1) is 17.3 Å². The van der Waals surface area contributed by atoms with Gasteiger partial charge in [-0.05, 0) is 57.1 Å².